The predicted octanol–water partition coefficient (Wildman–Crippen LogP) is 3.90. The third-order valence-corrected chi connectivity index (χ3v) is 4.55. The van der Waals surface area contributed by atoms with Crippen LogP contribution in [0, 0.1) is 5.92 Å². The van der Waals surface area contributed by atoms with Gasteiger partial charge in [-0.1, -0.05) is 45.0 Å². The Labute approximate surface area is 154 Å². The molecule has 0 saturated heterocycles. The molecule has 5 nitrogen and oxygen atoms in total. The highest BCUT2D eigenvalue weighted by molar-refractivity contribution is 5.92. The molecule has 0 aromatic heterocycles. The first-order chi connectivity index (χ1) is 12.6. The number of fused-ring (bicyclic) bond motifs is 1. The zero-order valence-corrected chi connectivity index (χ0v) is 15.5. The van der Waals surface area contributed by atoms with Crippen LogP contribution in [0.4, 0.5) is 5.69 Å². The normalized spacial score (nSPS) is 13.7. The number of hydrogen-bond acceptors (Lipinski definition) is 4. The Hall–Kier alpha value is -2.53. The number of hydrogen-bond donors (Lipinski definition) is 2. The number of anilines is 1. The zero-order chi connectivity index (χ0) is 18.5. The molecule has 0 spiro atoms. The Morgan fingerprint density at radius 1 is 1.08 bits per heavy atom. The molecule has 2 aromatic rings. The summed E-state index contributed by atoms with van der Waals surface area (Å²) < 4.78 is 10.6. The van der Waals surface area contributed by atoms with Gasteiger partial charge in [-0.15, -0.1) is 0 Å². The van der Waals surface area contributed by atoms with Gasteiger partial charge in [0, 0.05) is 17.8 Å². The first kappa shape index (κ1) is 18.3. The van der Waals surface area contributed by atoms with Gasteiger partial charge in [-0.25, -0.2) is 0 Å². The van der Waals surface area contributed by atoms with Crippen LogP contribution in [0.2, 0.25) is 0 Å². The minimum Gasteiger partial charge on any atom is -0.454 e. The lowest BCUT2D eigenvalue weighted by Gasteiger charge is -2.23. The summed E-state index contributed by atoms with van der Waals surface area (Å²) in [6.45, 7) is 6.92. The van der Waals surface area contributed by atoms with Crippen molar-refractivity contribution in [1.29, 1.82) is 0 Å². The molecule has 1 aliphatic rings. The Balaban J connectivity index is 1.59. The van der Waals surface area contributed by atoms with Crippen LogP contribution in [0.1, 0.15) is 37.9 Å². The van der Waals surface area contributed by atoms with Gasteiger partial charge < -0.3 is 20.1 Å². The molecular weight excluding hydrogens is 328 g/mol. The number of ether oxygens (including phenoxy) is 2. The second-order valence-corrected chi connectivity index (χ2v) is 6.81. The smallest absolute Gasteiger partial charge is 0.238 e. The summed E-state index contributed by atoms with van der Waals surface area (Å²) in [5.41, 5.74) is 3.22. The summed E-state index contributed by atoms with van der Waals surface area (Å²) in [7, 11) is 0. The highest BCUT2D eigenvalue weighted by Crippen LogP contribution is 2.34. The van der Waals surface area contributed by atoms with Crippen molar-refractivity contribution in [2.75, 3.05) is 18.7 Å². The van der Waals surface area contributed by atoms with Crippen LogP contribution in [0.25, 0.3) is 0 Å². The standard InChI is InChI=1S/C21H26N2O3/c1-4-15-5-7-16(8-6-15)21(14(2)3)22-12-20(24)23-17-9-10-18-19(11-17)26-13-25-18/h5-11,14,21-22H,4,12-13H2,1-3H3,(H,23,24)/t21-/m0/s1. The lowest BCUT2D eigenvalue weighted by Crippen LogP contribution is -2.33. The van der Waals surface area contributed by atoms with Gasteiger partial charge in [0.2, 0.25) is 12.7 Å². The second-order valence-electron chi connectivity index (χ2n) is 6.81. The summed E-state index contributed by atoms with van der Waals surface area (Å²) in [5.74, 6) is 1.66. The number of carbonyl (C=O) groups is 1. The molecule has 0 unspecified atom stereocenters. The lowest BCUT2D eigenvalue weighted by atomic mass is 9.95. The minimum atomic E-state index is -0.0836. The van der Waals surface area contributed by atoms with E-state index in [0.29, 0.717) is 23.1 Å². The van der Waals surface area contributed by atoms with Gasteiger partial charge in [0.05, 0.1) is 6.54 Å². The molecule has 0 fully saturated rings. The monoisotopic (exact) mass is 354 g/mol. The largest absolute Gasteiger partial charge is 0.454 e. The maximum atomic E-state index is 12.3. The quantitative estimate of drug-likeness (QED) is 0.792. The van der Waals surface area contributed by atoms with Crippen LogP contribution in [0.3, 0.4) is 0 Å². The van der Waals surface area contributed by atoms with Crippen molar-refractivity contribution in [1.82, 2.24) is 5.32 Å². The molecule has 2 N–H and O–H groups in total. The topological polar surface area (TPSA) is 59.6 Å². The zero-order valence-electron chi connectivity index (χ0n) is 15.5. The Bertz CT molecular complexity index is 756. The average molecular weight is 354 g/mol. The number of nitrogens with one attached hydrogen (secondary N) is 2. The average Bonchev–Trinajstić information content (AvgIpc) is 3.10. The number of aryl methyl sites for hydroxylation is 1. The molecule has 0 aliphatic carbocycles. The molecular formula is C21H26N2O3. The fourth-order valence-electron chi connectivity index (χ4n) is 3.08. The second kappa shape index (κ2) is 8.23. The molecule has 1 heterocycles. The molecule has 0 radical (unpaired) electrons. The first-order valence-corrected chi connectivity index (χ1v) is 9.08. The highest BCUT2D eigenvalue weighted by atomic mass is 16.7. The fraction of sp³-hybridized carbons (Fsp3) is 0.381. The maximum absolute atomic E-state index is 12.3. The fourth-order valence-corrected chi connectivity index (χ4v) is 3.08. The Morgan fingerprint density at radius 2 is 1.81 bits per heavy atom. The highest BCUT2D eigenvalue weighted by Gasteiger charge is 2.18. The van der Waals surface area contributed by atoms with Gasteiger partial charge in [0.15, 0.2) is 11.5 Å². The molecule has 1 amide bonds. The van der Waals surface area contributed by atoms with E-state index in [0.717, 1.165) is 6.42 Å². The molecule has 26 heavy (non-hydrogen) atoms. The van der Waals surface area contributed by atoms with E-state index in [1.54, 1.807) is 12.1 Å². The number of carbonyl (C=O) groups excluding carboxylic acids is 1. The minimum absolute atomic E-state index is 0.0836. The van der Waals surface area contributed by atoms with Crippen LogP contribution in [0.15, 0.2) is 42.5 Å². The predicted molar refractivity (Wildman–Crippen MR) is 103 cm³/mol. The molecule has 1 aliphatic heterocycles. The van der Waals surface area contributed by atoms with Gasteiger partial charge in [-0.3, -0.25) is 4.79 Å². The van der Waals surface area contributed by atoms with Crippen LogP contribution in [0.5, 0.6) is 11.5 Å². The van der Waals surface area contributed by atoms with E-state index in [1.807, 2.05) is 6.07 Å². The maximum Gasteiger partial charge on any atom is 0.238 e. The van der Waals surface area contributed by atoms with E-state index in [1.165, 1.54) is 11.1 Å². The van der Waals surface area contributed by atoms with Crippen LogP contribution in [-0.2, 0) is 11.2 Å². The molecule has 3 rings (SSSR count). The molecule has 0 bridgehead atoms. The van der Waals surface area contributed by atoms with Gasteiger partial charge in [0.1, 0.15) is 0 Å². The molecule has 138 valence electrons. The van der Waals surface area contributed by atoms with Crippen LogP contribution < -0.4 is 20.1 Å². The number of amides is 1. The summed E-state index contributed by atoms with van der Waals surface area (Å²) in [4.78, 5) is 12.3. The first-order valence-electron chi connectivity index (χ1n) is 9.08. The van der Waals surface area contributed by atoms with Gasteiger partial charge >= 0.3 is 0 Å². The Kier molecular flexibility index (Phi) is 5.78. The third kappa shape index (κ3) is 4.35. The molecule has 0 saturated carbocycles. The molecule has 2 aromatic carbocycles. The summed E-state index contributed by atoms with van der Waals surface area (Å²) in [6.07, 6.45) is 1.03. The van der Waals surface area contributed by atoms with Crippen molar-refractivity contribution >= 4 is 11.6 Å². The van der Waals surface area contributed by atoms with Crippen molar-refractivity contribution < 1.29 is 14.3 Å². The van der Waals surface area contributed by atoms with E-state index < -0.39 is 0 Å². The van der Waals surface area contributed by atoms with Crippen molar-refractivity contribution in [3.63, 3.8) is 0 Å². The van der Waals surface area contributed by atoms with Gasteiger partial charge in [-0.2, -0.15) is 0 Å². The van der Waals surface area contributed by atoms with Crippen LogP contribution >= 0.6 is 0 Å². The summed E-state index contributed by atoms with van der Waals surface area (Å²) in [6, 6.07) is 14.1. The Morgan fingerprint density at radius 3 is 2.50 bits per heavy atom. The van der Waals surface area contributed by atoms with E-state index in [9.17, 15) is 4.79 Å². The van der Waals surface area contributed by atoms with Gasteiger partial charge in [-0.05, 0) is 35.6 Å². The van der Waals surface area contributed by atoms with E-state index in [4.69, 9.17) is 9.47 Å². The van der Waals surface area contributed by atoms with Crippen molar-refractivity contribution in [3.05, 3.63) is 53.6 Å². The van der Waals surface area contributed by atoms with Crippen molar-refractivity contribution in [3.8, 4) is 11.5 Å². The summed E-state index contributed by atoms with van der Waals surface area (Å²) >= 11 is 0. The van der Waals surface area contributed by atoms with E-state index >= 15 is 0 Å². The van der Waals surface area contributed by atoms with Crippen LogP contribution in [-0.4, -0.2) is 19.2 Å². The number of rotatable bonds is 7. The van der Waals surface area contributed by atoms with E-state index in [-0.39, 0.29) is 25.3 Å². The SMILES string of the molecule is CCc1ccc([C@@H](NCC(=O)Nc2ccc3c(c2)OCO3)C(C)C)cc1. The summed E-state index contributed by atoms with van der Waals surface area (Å²) in [5, 5.41) is 6.28. The van der Waals surface area contributed by atoms with Crippen molar-refractivity contribution in [2.24, 2.45) is 5.92 Å². The third-order valence-electron chi connectivity index (χ3n) is 4.55. The molecule has 5 heteroatoms. The van der Waals surface area contributed by atoms with E-state index in [2.05, 4.69) is 55.7 Å². The lowest BCUT2D eigenvalue weighted by molar-refractivity contribution is -0.115. The van der Waals surface area contributed by atoms with Gasteiger partial charge in [0.25, 0.3) is 0 Å². The number of benzene rings is 2. The molecule has 1 atom stereocenters. The van der Waals surface area contributed by atoms with Crippen molar-refractivity contribution in [2.45, 2.75) is 33.2 Å².